The Morgan fingerprint density at radius 1 is 1.00 bits per heavy atom. The van der Waals surface area contributed by atoms with Gasteiger partial charge in [-0.1, -0.05) is 24.3 Å². The van der Waals surface area contributed by atoms with Crippen molar-refractivity contribution in [2.24, 2.45) is 0 Å². The molecule has 3 aromatic heterocycles. The molecule has 0 aliphatic carbocycles. The molecule has 4 aromatic rings. The highest BCUT2D eigenvalue weighted by Crippen LogP contribution is 2.31. The number of para-hydroxylation sites is 1. The second-order valence-corrected chi connectivity index (χ2v) is 9.41. The molecular formula is C27H26N4O4S. The van der Waals surface area contributed by atoms with Crippen LogP contribution >= 0.6 is 11.3 Å². The van der Waals surface area contributed by atoms with Crippen LogP contribution in [0, 0.1) is 0 Å². The summed E-state index contributed by atoms with van der Waals surface area (Å²) < 4.78 is 6.97. The van der Waals surface area contributed by atoms with Gasteiger partial charge in [-0.25, -0.2) is 4.79 Å². The maximum absolute atomic E-state index is 13.9. The quantitative estimate of drug-likeness (QED) is 0.374. The lowest BCUT2D eigenvalue weighted by atomic mass is 10.1. The Bertz CT molecular complexity index is 1440. The normalized spacial score (nSPS) is 13.7. The summed E-state index contributed by atoms with van der Waals surface area (Å²) in [5.74, 6) is -0.628. The van der Waals surface area contributed by atoms with Gasteiger partial charge in [0.05, 0.1) is 29.2 Å². The maximum atomic E-state index is 13.9. The van der Waals surface area contributed by atoms with E-state index in [9.17, 15) is 14.4 Å². The molecule has 0 radical (unpaired) electrons. The van der Waals surface area contributed by atoms with Gasteiger partial charge in [0, 0.05) is 44.0 Å². The van der Waals surface area contributed by atoms with Crippen LogP contribution in [0.5, 0.6) is 0 Å². The van der Waals surface area contributed by atoms with Crippen molar-refractivity contribution in [3.05, 3.63) is 92.7 Å². The van der Waals surface area contributed by atoms with Gasteiger partial charge in [-0.3, -0.25) is 14.6 Å². The van der Waals surface area contributed by atoms with E-state index in [1.54, 1.807) is 23.9 Å². The van der Waals surface area contributed by atoms with E-state index in [0.29, 0.717) is 43.3 Å². The third-order valence-electron chi connectivity index (χ3n) is 6.33. The van der Waals surface area contributed by atoms with E-state index in [0.717, 1.165) is 16.5 Å². The molecule has 0 atom stereocenters. The fourth-order valence-corrected chi connectivity index (χ4v) is 5.31. The molecule has 1 amide bonds. The van der Waals surface area contributed by atoms with Gasteiger partial charge in [-0.05, 0) is 42.1 Å². The Balaban J connectivity index is 1.57. The van der Waals surface area contributed by atoms with Crippen molar-refractivity contribution in [1.82, 2.24) is 14.5 Å². The van der Waals surface area contributed by atoms with Crippen LogP contribution in [0.25, 0.3) is 10.9 Å². The molecule has 0 spiro atoms. The van der Waals surface area contributed by atoms with Gasteiger partial charge >= 0.3 is 5.97 Å². The van der Waals surface area contributed by atoms with Gasteiger partial charge < -0.3 is 19.1 Å². The molecule has 36 heavy (non-hydrogen) atoms. The summed E-state index contributed by atoms with van der Waals surface area (Å²) in [7, 11) is 0. The molecule has 0 saturated carbocycles. The molecule has 1 fully saturated rings. The Morgan fingerprint density at radius 2 is 1.75 bits per heavy atom. The SMILES string of the molecule is CCOC(=O)c1c(N2CCN(C(=O)c3cccs3)CC2)c2ccccc2n(Cc2ccncc2)c1=O. The molecule has 1 aromatic carbocycles. The zero-order valence-corrected chi connectivity index (χ0v) is 20.7. The van der Waals surface area contributed by atoms with E-state index >= 15 is 0 Å². The molecule has 184 valence electrons. The summed E-state index contributed by atoms with van der Waals surface area (Å²) in [5.41, 5.74) is 1.85. The molecule has 4 heterocycles. The van der Waals surface area contributed by atoms with Crippen molar-refractivity contribution in [2.45, 2.75) is 13.5 Å². The van der Waals surface area contributed by atoms with Crippen LogP contribution in [0.15, 0.2) is 71.1 Å². The molecule has 0 N–H and O–H groups in total. The lowest BCUT2D eigenvalue weighted by molar-refractivity contribution is 0.0523. The van der Waals surface area contributed by atoms with Crippen LogP contribution < -0.4 is 10.5 Å². The van der Waals surface area contributed by atoms with Crippen LogP contribution in [-0.2, 0) is 11.3 Å². The van der Waals surface area contributed by atoms with Crippen molar-refractivity contribution in [3.8, 4) is 0 Å². The second kappa shape index (κ2) is 10.3. The molecule has 0 bridgehead atoms. The average molecular weight is 503 g/mol. The fraction of sp³-hybridized carbons (Fsp3) is 0.259. The number of rotatable bonds is 6. The van der Waals surface area contributed by atoms with E-state index in [1.165, 1.54) is 11.3 Å². The largest absolute Gasteiger partial charge is 0.462 e. The van der Waals surface area contributed by atoms with Gasteiger partial charge in [-0.2, -0.15) is 0 Å². The Hall–Kier alpha value is -3.98. The number of amides is 1. The van der Waals surface area contributed by atoms with E-state index in [1.807, 2.05) is 63.7 Å². The number of thiophene rings is 1. The van der Waals surface area contributed by atoms with Crippen molar-refractivity contribution in [2.75, 3.05) is 37.7 Å². The van der Waals surface area contributed by atoms with E-state index in [-0.39, 0.29) is 18.1 Å². The van der Waals surface area contributed by atoms with Crippen LogP contribution in [0.4, 0.5) is 5.69 Å². The lowest BCUT2D eigenvalue weighted by Crippen LogP contribution is -2.49. The number of piperazine rings is 1. The number of benzene rings is 1. The Morgan fingerprint density at radius 3 is 2.44 bits per heavy atom. The minimum absolute atomic E-state index is 0.00731. The van der Waals surface area contributed by atoms with Crippen LogP contribution in [-0.4, -0.2) is 59.1 Å². The number of esters is 1. The molecular weight excluding hydrogens is 476 g/mol. The zero-order chi connectivity index (χ0) is 25.1. The summed E-state index contributed by atoms with van der Waals surface area (Å²) in [6.45, 7) is 4.18. The number of hydrogen-bond donors (Lipinski definition) is 0. The van der Waals surface area contributed by atoms with Gasteiger partial charge in [0.1, 0.15) is 5.56 Å². The summed E-state index contributed by atoms with van der Waals surface area (Å²) in [5, 5.41) is 2.69. The molecule has 1 saturated heterocycles. The number of fused-ring (bicyclic) bond motifs is 1. The number of pyridine rings is 2. The summed E-state index contributed by atoms with van der Waals surface area (Å²) in [4.78, 5) is 48.5. The standard InChI is InChI=1S/C27H26N4O4S/c1-2-35-27(34)23-24(29-13-15-30(16-14-29)25(32)22-8-5-17-36-22)20-6-3-4-7-21(20)31(26(23)33)18-19-9-11-28-12-10-19/h3-12,17H,2,13-16,18H2,1H3. The highest BCUT2D eigenvalue weighted by molar-refractivity contribution is 7.12. The predicted molar refractivity (Wildman–Crippen MR) is 140 cm³/mol. The molecule has 0 unspecified atom stereocenters. The number of anilines is 1. The Labute approximate surface area is 212 Å². The molecule has 5 rings (SSSR count). The first kappa shape index (κ1) is 23.7. The van der Waals surface area contributed by atoms with Crippen LogP contribution in [0.2, 0.25) is 0 Å². The molecule has 1 aliphatic rings. The van der Waals surface area contributed by atoms with Crippen molar-refractivity contribution in [1.29, 1.82) is 0 Å². The third-order valence-corrected chi connectivity index (χ3v) is 7.19. The minimum atomic E-state index is -0.635. The number of ether oxygens (including phenoxy) is 1. The second-order valence-electron chi connectivity index (χ2n) is 8.46. The van der Waals surface area contributed by atoms with E-state index in [4.69, 9.17) is 4.74 Å². The first-order valence-corrected chi connectivity index (χ1v) is 12.8. The molecule has 8 nitrogen and oxygen atoms in total. The van der Waals surface area contributed by atoms with Gasteiger partial charge in [0.15, 0.2) is 0 Å². The summed E-state index contributed by atoms with van der Waals surface area (Å²) in [6, 6.07) is 15.0. The van der Waals surface area contributed by atoms with Crippen LogP contribution in [0.1, 0.15) is 32.5 Å². The first-order valence-electron chi connectivity index (χ1n) is 11.9. The number of nitrogens with zero attached hydrogens (tertiary/aromatic N) is 4. The number of aromatic nitrogens is 2. The molecule has 9 heteroatoms. The van der Waals surface area contributed by atoms with Gasteiger partial charge in [0.2, 0.25) is 0 Å². The van der Waals surface area contributed by atoms with Gasteiger partial charge in [-0.15, -0.1) is 11.3 Å². The topological polar surface area (TPSA) is 84.7 Å². The van der Waals surface area contributed by atoms with Gasteiger partial charge in [0.25, 0.3) is 11.5 Å². The van der Waals surface area contributed by atoms with E-state index in [2.05, 4.69) is 4.98 Å². The highest BCUT2D eigenvalue weighted by Gasteiger charge is 2.30. The Kier molecular flexibility index (Phi) is 6.81. The zero-order valence-electron chi connectivity index (χ0n) is 19.9. The number of hydrogen-bond acceptors (Lipinski definition) is 7. The van der Waals surface area contributed by atoms with Crippen LogP contribution in [0.3, 0.4) is 0 Å². The first-order chi connectivity index (χ1) is 17.6. The van der Waals surface area contributed by atoms with Crippen molar-refractivity contribution >= 4 is 39.8 Å². The van der Waals surface area contributed by atoms with Crippen molar-refractivity contribution in [3.63, 3.8) is 0 Å². The summed E-state index contributed by atoms with van der Waals surface area (Å²) >= 11 is 1.43. The van der Waals surface area contributed by atoms with Crippen molar-refractivity contribution < 1.29 is 14.3 Å². The predicted octanol–water partition coefficient (Wildman–Crippen LogP) is 3.65. The third kappa shape index (κ3) is 4.49. The average Bonchev–Trinajstić information content (AvgIpc) is 3.45. The smallest absolute Gasteiger partial charge is 0.345 e. The molecule has 1 aliphatic heterocycles. The minimum Gasteiger partial charge on any atom is -0.462 e. The van der Waals surface area contributed by atoms with E-state index < -0.39 is 11.5 Å². The number of carbonyl (C=O) groups is 2. The fourth-order valence-electron chi connectivity index (χ4n) is 4.62. The lowest BCUT2D eigenvalue weighted by Gasteiger charge is -2.37. The monoisotopic (exact) mass is 502 g/mol. The summed E-state index contributed by atoms with van der Waals surface area (Å²) in [6.07, 6.45) is 3.36. The highest BCUT2D eigenvalue weighted by atomic mass is 32.1. The number of carbonyl (C=O) groups excluding carboxylic acids is 2. The maximum Gasteiger partial charge on any atom is 0.345 e.